The summed E-state index contributed by atoms with van der Waals surface area (Å²) in [7, 11) is 0. The number of aliphatic carboxylic acids is 1. The summed E-state index contributed by atoms with van der Waals surface area (Å²) in [6, 6.07) is 7.52. The van der Waals surface area contributed by atoms with Gasteiger partial charge in [-0.3, -0.25) is 4.79 Å². The van der Waals surface area contributed by atoms with Crippen molar-refractivity contribution in [3.05, 3.63) is 42.0 Å². The average molecular weight is 421 g/mol. The number of rotatable bonds is 10. The number of hydrogen-bond acceptors (Lipinski definition) is 6. The van der Waals surface area contributed by atoms with Crippen LogP contribution in [0.2, 0.25) is 0 Å². The molecule has 4 N–H and O–H groups in total. The van der Waals surface area contributed by atoms with E-state index in [1.54, 1.807) is 12.2 Å². The Hall–Kier alpha value is -1.93. The van der Waals surface area contributed by atoms with E-state index in [0.29, 0.717) is 25.2 Å². The summed E-state index contributed by atoms with van der Waals surface area (Å²) >= 11 is 0. The fourth-order valence-electron chi connectivity index (χ4n) is 4.36. The van der Waals surface area contributed by atoms with Gasteiger partial charge in [0, 0.05) is 24.3 Å². The Balaban J connectivity index is 1.50. The van der Waals surface area contributed by atoms with Gasteiger partial charge >= 0.3 is 5.97 Å². The van der Waals surface area contributed by atoms with Crippen LogP contribution in [0, 0.1) is 11.8 Å². The second kappa shape index (κ2) is 10.9. The highest BCUT2D eigenvalue weighted by molar-refractivity contribution is 5.66. The van der Waals surface area contributed by atoms with Gasteiger partial charge in [0.15, 0.2) is 0 Å². The van der Waals surface area contributed by atoms with Gasteiger partial charge < -0.3 is 29.9 Å². The van der Waals surface area contributed by atoms with Gasteiger partial charge in [0.25, 0.3) is 0 Å². The minimum Gasteiger partial charge on any atom is -0.481 e. The predicted molar refractivity (Wildman–Crippen MR) is 110 cm³/mol. The standard InChI is InChI=1S/C23H32O7/c24-18(23-29-14-15-7-5-6-9-21(15)30-23)12-11-17-16(19(25)13-20(17)26)8-3-1-2-4-10-22(27)28/h5-7,9,11-12,16-20,23-26H,1-4,8,10,13-14H2,(H,27,28)/t16-,17-,18-,19+,20-,23-/m1/s1. The Morgan fingerprint density at radius 1 is 1.13 bits per heavy atom. The zero-order valence-electron chi connectivity index (χ0n) is 17.1. The van der Waals surface area contributed by atoms with E-state index < -0.39 is 30.6 Å². The molecule has 2 aliphatic rings. The Morgan fingerprint density at radius 2 is 1.90 bits per heavy atom. The van der Waals surface area contributed by atoms with Crippen molar-refractivity contribution in [2.45, 2.75) is 76.2 Å². The first-order chi connectivity index (χ1) is 14.5. The number of para-hydroxylation sites is 1. The number of unbranched alkanes of at least 4 members (excludes halogenated alkanes) is 3. The molecule has 0 radical (unpaired) electrons. The molecule has 0 bridgehead atoms. The van der Waals surface area contributed by atoms with Crippen LogP contribution < -0.4 is 4.74 Å². The summed E-state index contributed by atoms with van der Waals surface area (Å²) in [5.41, 5.74) is 0.933. The molecule has 3 rings (SSSR count). The van der Waals surface area contributed by atoms with Gasteiger partial charge in [-0.05, 0) is 24.8 Å². The normalized spacial score (nSPS) is 29.5. The predicted octanol–water partition coefficient (Wildman–Crippen LogP) is 2.62. The summed E-state index contributed by atoms with van der Waals surface area (Å²) in [6.07, 6.45) is 4.84. The molecular formula is C23H32O7. The molecule has 7 heteroatoms. The summed E-state index contributed by atoms with van der Waals surface area (Å²) in [5, 5.41) is 39.9. The highest BCUT2D eigenvalue weighted by atomic mass is 16.7. The lowest BCUT2D eigenvalue weighted by atomic mass is 9.88. The van der Waals surface area contributed by atoms with Gasteiger partial charge in [0.1, 0.15) is 11.9 Å². The molecule has 1 aliphatic carbocycles. The number of fused-ring (bicyclic) bond motifs is 1. The maximum Gasteiger partial charge on any atom is 0.303 e. The number of aliphatic hydroxyl groups excluding tert-OH is 3. The fourth-order valence-corrected chi connectivity index (χ4v) is 4.36. The molecule has 1 saturated carbocycles. The van der Waals surface area contributed by atoms with Crippen molar-refractivity contribution < 1.29 is 34.7 Å². The van der Waals surface area contributed by atoms with E-state index in [-0.39, 0.29) is 18.3 Å². The van der Waals surface area contributed by atoms with Crippen LogP contribution >= 0.6 is 0 Å². The van der Waals surface area contributed by atoms with Crippen LogP contribution in [0.3, 0.4) is 0 Å². The summed E-state index contributed by atoms with van der Waals surface area (Å²) in [4.78, 5) is 10.6. The monoisotopic (exact) mass is 420 g/mol. The third-order valence-corrected chi connectivity index (χ3v) is 6.02. The van der Waals surface area contributed by atoms with Crippen molar-refractivity contribution in [3.63, 3.8) is 0 Å². The number of hydrogen-bond donors (Lipinski definition) is 4. The molecule has 1 aromatic rings. The summed E-state index contributed by atoms with van der Waals surface area (Å²) in [5.74, 6) is -0.415. The minimum absolute atomic E-state index is 0.0863. The van der Waals surface area contributed by atoms with Gasteiger partial charge in [0.05, 0.1) is 18.8 Å². The van der Waals surface area contributed by atoms with E-state index in [4.69, 9.17) is 14.6 Å². The topological polar surface area (TPSA) is 116 Å². The number of carbonyl (C=O) groups is 1. The third-order valence-electron chi connectivity index (χ3n) is 6.02. The molecule has 30 heavy (non-hydrogen) atoms. The van der Waals surface area contributed by atoms with Crippen LogP contribution in [-0.4, -0.2) is 51.0 Å². The first-order valence-electron chi connectivity index (χ1n) is 10.8. The molecule has 0 amide bonds. The maximum absolute atomic E-state index is 10.6. The Morgan fingerprint density at radius 3 is 2.70 bits per heavy atom. The lowest BCUT2D eigenvalue weighted by Gasteiger charge is -2.28. The van der Waals surface area contributed by atoms with Crippen molar-refractivity contribution in [2.24, 2.45) is 11.8 Å². The molecule has 1 heterocycles. The van der Waals surface area contributed by atoms with Crippen molar-refractivity contribution in [3.8, 4) is 5.75 Å². The van der Waals surface area contributed by atoms with E-state index in [1.165, 1.54) is 0 Å². The number of carboxylic acid groups (broad SMARTS) is 1. The first kappa shape index (κ1) is 22.7. The van der Waals surface area contributed by atoms with Gasteiger partial charge in [0.2, 0.25) is 6.29 Å². The lowest BCUT2D eigenvalue weighted by molar-refractivity contribution is -0.152. The summed E-state index contributed by atoms with van der Waals surface area (Å²) in [6.45, 7) is 0.362. The van der Waals surface area contributed by atoms with Crippen LogP contribution in [0.25, 0.3) is 0 Å². The van der Waals surface area contributed by atoms with Gasteiger partial charge in [-0.25, -0.2) is 0 Å². The van der Waals surface area contributed by atoms with Crippen molar-refractivity contribution in [1.29, 1.82) is 0 Å². The van der Waals surface area contributed by atoms with Gasteiger partial charge in [-0.15, -0.1) is 0 Å². The molecule has 1 aromatic carbocycles. The fraction of sp³-hybridized carbons (Fsp3) is 0.609. The summed E-state index contributed by atoms with van der Waals surface area (Å²) < 4.78 is 11.3. The Labute approximate surface area is 176 Å². The van der Waals surface area contributed by atoms with E-state index in [1.807, 2.05) is 24.3 Å². The second-order valence-corrected chi connectivity index (χ2v) is 8.24. The number of ether oxygens (including phenoxy) is 2. The smallest absolute Gasteiger partial charge is 0.303 e. The van der Waals surface area contributed by atoms with Crippen LogP contribution in [0.5, 0.6) is 5.75 Å². The van der Waals surface area contributed by atoms with Crippen molar-refractivity contribution >= 4 is 5.97 Å². The van der Waals surface area contributed by atoms with Crippen molar-refractivity contribution in [2.75, 3.05) is 0 Å². The van der Waals surface area contributed by atoms with E-state index in [9.17, 15) is 20.1 Å². The highest BCUT2D eigenvalue weighted by Crippen LogP contribution is 2.37. The SMILES string of the molecule is O=C(O)CCCCCC[C@@H]1[C@@H](C=C[C@@H](O)[C@@H]2OCc3ccccc3O2)[C@H](O)C[C@@H]1O. The van der Waals surface area contributed by atoms with E-state index in [0.717, 1.165) is 31.2 Å². The van der Waals surface area contributed by atoms with Crippen molar-refractivity contribution in [1.82, 2.24) is 0 Å². The average Bonchev–Trinajstić information content (AvgIpc) is 3.00. The zero-order chi connectivity index (χ0) is 21.5. The van der Waals surface area contributed by atoms with Crippen LogP contribution in [0.15, 0.2) is 36.4 Å². The molecule has 6 atom stereocenters. The van der Waals surface area contributed by atoms with Crippen LogP contribution in [-0.2, 0) is 16.1 Å². The zero-order valence-corrected chi connectivity index (χ0v) is 17.1. The molecule has 166 valence electrons. The molecule has 7 nitrogen and oxygen atoms in total. The number of aliphatic hydroxyl groups is 3. The molecular weight excluding hydrogens is 388 g/mol. The largest absolute Gasteiger partial charge is 0.481 e. The van der Waals surface area contributed by atoms with E-state index >= 15 is 0 Å². The molecule has 0 saturated heterocycles. The Kier molecular flexibility index (Phi) is 8.27. The third kappa shape index (κ3) is 6.04. The highest BCUT2D eigenvalue weighted by Gasteiger charge is 2.40. The van der Waals surface area contributed by atoms with Crippen LogP contribution in [0.4, 0.5) is 0 Å². The quantitative estimate of drug-likeness (QED) is 0.340. The first-order valence-corrected chi connectivity index (χ1v) is 10.8. The Bertz CT molecular complexity index is 719. The van der Waals surface area contributed by atoms with Crippen LogP contribution in [0.1, 0.15) is 50.5 Å². The lowest BCUT2D eigenvalue weighted by Crippen LogP contribution is -2.36. The molecule has 1 fully saturated rings. The van der Waals surface area contributed by atoms with Gasteiger partial charge in [-0.1, -0.05) is 49.6 Å². The van der Waals surface area contributed by atoms with E-state index in [2.05, 4.69) is 0 Å². The molecule has 1 aliphatic heterocycles. The number of carboxylic acids is 1. The number of benzene rings is 1. The second-order valence-electron chi connectivity index (χ2n) is 8.24. The molecule has 0 unspecified atom stereocenters. The maximum atomic E-state index is 10.6. The molecule has 0 spiro atoms. The minimum atomic E-state index is -0.986. The van der Waals surface area contributed by atoms with Gasteiger partial charge in [-0.2, -0.15) is 0 Å². The molecule has 0 aromatic heterocycles.